The molecule has 2 aliphatic rings. The highest BCUT2D eigenvalue weighted by Crippen LogP contribution is 2.33. The van der Waals surface area contributed by atoms with Gasteiger partial charge in [-0.25, -0.2) is 14.2 Å². The van der Waals surface area contributed by atoms with Crippen LogP contribution in [0.15, 0.2) is 39.6 Å². The van der Waals surface area contributed by atoms with Crippen molar-refractivity contribution in [2.45, 2.75) is 26.3 Å². The number of carbonyl (C=O) groups excluding carboxylic acids is 1. The molecule has 0 saturated carbocycles. The molecule has 1 aromatic rings. The van der Waals surface area contributed by atoms with Crippen molar-refractivity contribution in [3.8, 4) is 0 Å². The Labute approximate surface area is 152 Å². The number of rotatable bonds is 3. The Balaban J connectivity index is 2.10. The minimum atomic E-state index is -0.421. The molecule has 0 radical (unpaired) electrons. The maximum absolute atomic E-state index is 14.5. The van der Waals surface area contributed by atoms with E-state index in [0.29, 0.717) is 23.6 Å². The number of amides is 2. The second kappa shape index (κ2) is 7.25. The van der Waals surface area contributed by atoms with Crippen LogP contribution in [-0.2, 0) is 0 Å². The largest absolute Gasteiger partial charge is 0.368 e. The van der Waals surface area contributed by atoms with Crippen molar-refractivity contribution in [1.29, 1.82) is 0 Å². The average molecular weight is 358 g/mol. The van der Waals surface area contributed by atoms with Gasteiger partial charge in [0.1, 0.15) is 11.6 Å². The van der Waals surface area contributed by atoms with Crippen LogP contribution in [0.25, 0.3) is 0 Å². The Morgan fingerprint density at radius 3 is 2.81 bits per heavy atom. The van der Waals surface area contributed by atoms with Gasteiger partial charge in [0.25, 0.3) is 0 Å². The van der Waals surface area contributed by atoms with E-state index in [0.717, 1.165) is 18.5 Å². The summed E-state index contributed by atoms with van der Waals surface area (Å²) in [6.07, 6.45) is 0.781. The van der Waals surface area contributed by atoms with Crippen LogP contribution in [-0.4, -0.2) is 49.3 Å². The summed E-state index contributed by atoms with van der Waals surface area (Å²) in [5, 5.41) is 3.25. The van der Waals surface area contributed by atoms with Crippen molar-refractivity contribution in [2.24, 2.45) is 15.7 Å². The molecule has 138 valence electrons. The van der Waals surface area contributed by atoms with Gasteiger partial charge in [-0.2, -0.15) is 4.99 Å². The summed E-state index contributed by atoms with van der Waals surface area (Å²) < 4.78 is 14.5. The quantitative estimate of drug-likeness (QED) is 0.640. The Kier molecular flexibility index (Phi) is 5.03. The molecule has 0 aliphatic carbocycles. The number of benzene rings is 1. The molecular formula is C18H23FN6O. The van der Waals surface area contributed by atoms with E-state index in [2.05, 4.69) is 22.0 Å². The first-order chi connectivity index (χ1) is 12.4. The molecule has 1 saturated heterocycles. The van der Waals surface area contributed by atoms with Crippen LogP contribution in [0.1, 0.15) is 18.9 Å². The normalized spacial score (nSPS) is 21.6. The zero-order valence-electron chi connectivity index (χ0n) is 15.0. The van der Waals surface area contributed by atoms with Crippen molar-refractivity contribution >= 4 is 24.4 Å². The number of nitrogens with one attached hydrogen (secondary N) is 1. The molecule has 2 heterocycles. The molecule has 7 nitrogen and oxygen atoms in total. The van der Waals surface area contributed by atoms with E-state index in [1.807, 2.05) is 6.92 Å². The van der Waals surface area contributed by atoms with Crippen LogP contribution in [0.4, 0.5) is 14.9 Å². The van der Waals surface area contributed by atoms with E-state index >= 15 is 0 Å². The number of urea groups is 1. The summed E-state index contributed by atoms with van der Waals surface area (Å²) in [7, 11) is 0. The lowest BCUT2D eigenvalue weighted by atomic mass is 10.1. The van der Waals surface area contributed by atoms with Crippen molar-refractivity contribution in [1.82, 2.24) is 10.2 Å². The maximum Gasteiger partial charge on any atom is 0.330 e. The fourth-order valence-electron chi connectivity index (χ4n) is 3.42. The maximum atomic E-state index is 14.5. The first kappa shape index (κ1) is 18.1. The Morgan fingerprint density at radius 1 is 1.42 bits per heavy atom. The molecule has 0 aromatic heterocycles. The summed E-state index contributed by atoms with van der Waals surface area (Å²) in [6, 6.07) is 4.40. The van der Waals surface area contributed by atoms with E-state index in [1.165, 1.54) is 11.0 Å². The fraction of sp³-hybridized carbons (Fsp3) is 0.389. The molecule has 3 N–H and O–H groups in total. The molecule has 1 aromatic carbocycles. The van der Waals surface area contributed by atoms with Gasteiger partial charge >= 0.3 is 6.03 Å². The Bertz CT molecular complexity index is 777. The number of aryl methyl sites for hydroxylation is 1. The lowest BCUT2D eigenvalue weighted by molar-refractivity contribution is 0.199. The summed E-state index contributed by atoms with van der Waals surface area (Å²) in [5.41, 5.74) is 7.54. The average Bonchev–Trinajstić information content (AvgIpc) is 3.12. The second-order valence-corrected chi connectivity index (χ2v) is 6.52. The Morgan fingerprint density at radius 2 is 2.19 bits per heavy atom. The predicted octanol–water partition coefficient (Wildman–Crippen LogP) is 1.98. The van der Waals surface area contributed by atoms with Gasteiger partial charge in [-0.3, -0.25) is 9.80 Å². The topological polar surface area (TPSA) is 86.3 Å². The molecule has 1 atom stereocenters. The van der Waals surface area contributed by atoms with Crippen LogP contribution in [0, 0.1) is 12.7 Å². The van der Waals surface area contributed by atoms with Gasteiger partial charge in [0.05, 0.1) is 18.3 Å². The van der Waals surface area contributed by atoms with Gasteiger partial charge in [0.2, 0.25) is 5.96 Å². The van der Waals surface area contributed by atoms with E-state index in [1.54, 1.807) is 24.0 Å². The third-order valence-electron chi connectivity index (χ3n) is 4.68. The molecule has 2 amide bonds. The number of anilines is 1. The number of aliphatic imine (C=N–C) groups is 2. The molecular weight excluding hydrogens is 335 g/mol. The van der Waals surface area contributed by atoms with Gasteiger partial charge < -0.3 is 11.1 Å². The van der Waals surface area contributed by atoms with Crippen LogP contribution in [0.2, 0.25) is 0 Å². The number of hydrogen-bond acceptors (Lipinski definition) is 3. The van der Waals surface area contributed by atoms with E-state index in [9.17, 15) is 9.18 Å². The molecule has 0 bridgehead atoms. The van der Waals surface area contributed by atoms with Gasteiger partial charge in [-0.05, 0) is 50.7 Å². The molecule has 0 spiro atoms. The number of hydrogen-bond donors (Lipinski definition) is 2. The number of carbonyl (C=O) groups is 1. The molecule has 3 rings (SSSR count). The molecule has 26 heavy (non-hydrogen) atoms. The molecule has 8 heteroatoms. The lowest BCUT2D eigenvalue weighted by Crippen LogP contribution is -2.53. The first-order valence-corrected chi connectivity index (χ1v) is 8.51. The second-order valence-electron chi connectivity index (χ2n) is 6.52. The van der Waals surface area contributed by atoms with E-state index in [4.69, 9.17) is 5.73 Å². The minimum Gasteiger partial charge on any atom is -0.368 e. The first-order valence-electron chi connectivity index (χ1n) is 8.51. The third-order valence-corrected chi connectivity index (χ3v) is 4.68. The number of halogens is 1. The number of nitrogens with two attached hydrogens (primary N) is 1. The summed E-state index contributed by atoms with van der Waals surface area (Å²) in [4.78, 5) is 24.3. The highest BCUT2D eigenvalue weighted by atomic mass is 19.1. The van der Waals surface area contributed by atoms with Crippen molar-refractivity contribution < 1.29 is 9.18 Å². The van der Waals surface area contributed by atoms with Crippen LogP contribution in [0.3, 0.4) is 0 Å². The standard InChI is InChI=1S/C18H23FN6O/c1-11-5-4-6-14(19)15(11)24-10-12(2)16(23-17(20)21-3)25(18(24)26)13-7-8-22-9-13/h4-6,13,22H,3,7-10H2,1-2H3,(H2,20,23)/t13-/m0/s1. The molecule has 1 fully saturated rings. The number of guanidine groups is 1. The third kappa shape index (κ3) is 3.20. The number of nitrogens with zero attached hydrogens (tertiary/aromatic N) is 4. The van der Waals surface area contributed by atoms with Gasteiger partial charge in [0, 0.05) is 6.54 Å². The van der Waals surface area contributed by atoms with Crippen molar-refractivity contribution in [3.05, 3.63) is 41.0 Å². The van der Waals surface area contributed by atoms with Gasteiger partial charge in [0.15, 0.2) is 0 Å². The summed E-state index contributed by atoms with van der Waals surface area (Å²) in [5.74, 6) is 0.0485. The van der Waals surface area contributed by atoms with E-state index < -0.39 is 5.82 Å². The smallest absolute Gasteiger partial charge is 0.330 e. The predicted molar refractivity (Wildman–Crippen MR) is 101 cm³/mol. The highest BCUT2D eigenvalue weighted by Gasteiger charge is 2.39. The molecule has 2 aliphatic heterocycles. The zero-order chi connectivity index (χ0) is 18.8. The Hall–Kier alpha value is -2.74. The lowest BCUT2D eigenvalue weighted by Gasteiger charge is -2.39. The summed E-state index contributed by atoms with van der Waals surface area (Å²) in [6.45, 7) is 8.71. The monoisotopic (exact) mass is 358 g/mol. The van der Waals surface area contributed by atoms with Gasteiger partial charge in [-0.15, -0.1) is 0 Å². The van der Waals surface area contributed by atoms with Crippen molar-refractivity contribution in [2.75, 3.05) is 24.5 Å². The van der Waals surface area contributed by atoms with Crippen LogP contribution >= 0.6 is 0 Å². The van der Waals surface area contributed by atoms with Crippen LogP contribution in [0.5, 0.6) is 0 Å². The van der Waals surface area contributed by atoms with Crippen molar-refractivity contribution in [3.63, 3.8) is 0 Å². The van der Waals surface area contributed by atoms with E-state index in [-0.39, 0.29) is 24.6 Å². The highest BCUT2D eigenvalue weighted by molar-refractivity contribution is 5.96. The van der Waals surface area contributed by atoms with Crippen LogP contribution < -0.4 is 16.0 Å². The SMILES string of the molecule is C=NC(N)=NC1=C(C)CN(c2c(C)cccc2F)C(=O)N1[C@H]1CCNC1. The van der Waals surface area contributed by atoms with Gasteiger partial charge in [-0.1, -0.05) is 12.1 Å². The molecule has 0 unspecified atom stereocenters. The minimum absolute atomic E-state index is 0.00127. The summed E-state index contributed by atoms with van der Waals surface area (Å²) >= 11 is 0. The zero-order valence-corrected chi connectivity index (χ0v) is 15.0. The fourth-order valence-corrected chi connectivity index (χ4v) is 3.42. The number of para-hydroxylation sites is 1.